The van der Waals surface area contributed by atoms with Crippen molar-refractivity contribution in [3.63, 3.8) is 0 Å². The second kappa shape index (κ2) is 7.38. The molecule has 3 rings (SSSR count). The molecule has 2 aromatic rings. The number of amides is 1. The molecule has 1 unspecified atom stereocenters. The van der Waals surface area contributed by atoms with Crippen LogP contribution in [0.4, 0.5) is 0 Å². The predicted molar refractivity (Wildman–Crippen MR) is 90.7 cm³/mol. The molecule has 24 heavy (non-hydrogen) atoms. The van der Waals surface area contributed by atoms with Crippen molar-refractivity contribution in [3.8, 4) is 0 Å². The molecule has 0 spiro atoms. The minimum Gasteiger partial charge on any atom is -0.342 e. The van der Waals surface area contributed by atoms with Crippen molar-refractivity contribution in [2.24, 2.45) is 0 Å². The quantitative estimate of drug-likeness (QED) is 0.929. The van der Waals surface area contributed by atoms with Gasteiger partial charge in [0.25, 0.3) is 5.56 Å². The van der Waals surface area contributed by atoms with Crippen LogP contribution < -0.4 is 5.56 Å². The summed E-state index contributed by atoms with van der Waals surface area (Å²) >= 11 is 0. The monoisotopic (exact) mass is 326 g/mol. The standard InChI is InChI=1S/C18H22N4O2/c1-13-20-16(10-17(23)21-13)15-5-3-9-22(12-15)18(24)7-6-14-4-2-8-19-11-14/h2,4,8,10-11,15H,3,5-7,9,12H2,1H3,(H,20,21,23). The molecule has 0 aliphatic carbocycles. The minimum absolute atomic E-state index is 0.127. The molecule has 0 saturated carbocycles. The summed E-state index contributed by atoms with van der Waals surface area (Å²) in [6, 6.07) is 5.43. The van der Waals surface area contributed by atoms with E-state index in [1.165, 1.54) is 0 Å². The van der Waals surface area contributed by atoms with Crippen LogP contribution in [-0.2, 0) is 11.2 Å². The predicted octanol–water partition coefficient (Wildman–Crippen LogP) is 1.81. The third-order valence-corrected chi connectivity index (χ3v) is 4.42. The lowest BCUT2D eigenvalue weighted by Crippen LogP contribution is -2.39. The van der Waals surface area contributed by atoms with Gasteiger partial charge in [-0.3, -0.25) is 14.6 Å². The topological polar surface area (TPSA) is 79.0 Å². The van der Waals surface area contributed by atoms with Crippen molar-refractivity contribution in [2.45, 2.75) is 38.5 Å². The Labute approximate surface area is 141 Å². The number of hydrogen-bond acceptors (Lipinski definition) is 4. The first-order valence-electron chi connectivity index (χ1n) is 8.36. The van der Waals surface area contributed by atoms with E-state index in [4.69, 9.17) is 0 Å². The van der Waals surface area contributed by atoms with Gasteiger partial charge in [0.05, 0.1) is 5.69 Å². The summed E-state index contributed by atoms with van der Waals surface area (Å²) in [5.74, 6) is 0.921. The highest BCUT2D eigenvalue weighted by molar-refractivity contribution is 5.76. The van der Waals surface area contributed by atoms with Crippen LogP contribution in [0.3, 0.4) is 0 Å². The van der Waals surface area contributed by atoms with Gasteiger partial charge in [-0.15, -0.1) is 0 Å². The lowest BCUT2D eigenvalue weighted by atomic mass is 9.94. The number of piperidine rings is 1. The fourth-order valence-corrected chi connectivity index (χ4v) is 3.21. The zero-order valence-corrected chi connectivity index (χ0v) is 13.9. The van der Waals surface area contributed by atoms with Crippen LogP contribution in [0.1, 0.15) is 42.3 Å². The highest BCUT2D eigenvalue weighted by Crippen LogP contribution is 2.25. The van der Waals surface area contributed by atoms with E-state index in [0.717, 1.165) is 30.6 Å². The summed E-state index contributed by atoms with van der Waals surface area (Å²) in [6.45, 7) is 3.21. The number of H-pyrrole nitrogens is 1. The van der Waals surface area contributed by atoms with Gasteiger partial charge >= 0.3 is 0 Å². The number of carbonyl (C=O) groups is 1. The molecule has 1 aliphatic heterocycles. The van der Waals surface area contributed by atoms with Gasteiger partial charge in [0, 0.05) is 43.9 Å². The highest BCUT2D eigenvalue weighted by atomic mass is 16.2. The average Bonchev–Trinajstić information content (AvgIpc) is 2.60. The van der Waals surface area contributed by atoms with Gasteiger partial charge in [-0.2, -0.15) is 0 Å². The number of nitrogens with zero attached hydrogens (tertiary/aromatic N) is 3. The van der Waals surface area contributed by atoms with Crippen molar-refractivity contribution in [1.82, 2.24) is 19.9 Å². The van der Waals surface area contributed by atoms with E-state index in [0.29, 0.717) is 25.2 Å². The molecule has 6 nitrogen and oxygen atoms in total. The van der Waals surface area contributed by atoms with Gasteiger partial charge in [-0.1, -0.05) is 6.07 Å². The van der Waals surface area contributed by atoms with Crippen molar-refractivity contribution < 1.29 is 4.79 Å². The van der Waals surface area contributed by atoms with Crippen molar-refractivity contribution >= 4 is 5.91 Å². The summed E-state index contributed by atoms with van der Waals surface area (Å²) in [6.07, 6.45) is 6.63. The maximum absolute atomic E-state index is 12.5. The van der Waals surface area contributed by atoms with Crippen LogP contribution in [0.5, 0.6) is 0 Å². The second-order valence-corrected chi connectivity index (χ2v) is 6.30. The van der Waals surface area contributed by atoms with Crippen LogP contribution >= 0.6 is 0 Å². The smallest absolute Gasteiger partial charge is 0.251 e. The fraction of sp³-hybridized carbons (Fsp3) is 0.444. The lowest BCUT2D eigenvalue weighted by Gasteiger charge is -2.32. The number of aromatic nitrogens is 3. The normalized spacial score (nSPS) is 17.7. The van der Waals surface area contributed by atoms with Gasteiger partial charge in [-0.25, -0.2) is 4.98 Å². The van der Waals surface area contributed by atoms with Crippen molar-refractivity contribution in [1.29, 1.82) is 0 Å². The minimum atomic E-state index is -0.127. The van der Waals surface area contributed by atoms with E-state index >= 15 is 0 Å². The van der Waals surface area contributed by atoms with Gasteiger partial charge in [0.2, 0.25) is 5.91 Å². The van der Waals surface area contributed by atoms with Gasteiger partial charge < -0.3 is 9.88 Å². The number of carbonyl (C=O) groups excluding carboxylic acids is 1. The Hall–Kier alpha value is -2.50. The van der Waals surface area contributed by atoms with E-state index in [-0.39, 0.29) is 17.4 Å². The maximum atomic E-state index is 12.5. The molecule has 1 saturated heterocycles. The number of pyridine rings is 1. The number of aromatic amines is 1. The first kappa shape index (κ1) is 16.4. The Balaban J connectivity index is 1.62. The molecule has 2 aromatic heterocycles. The maximum Gasteiger partial charge on any atom is 0.251 e. The molecule has 6 heteroatoms. The van der Waals surface area contributed by atoms with E-state index in [1.54, 1.807) is 25.4 Å². The Morgan fingerprint density at radius 2 is 2.33 bits per heavy atom. The first-order valence-corrected chi connectivity index (χ1v) is 8.36. The number of aryl methyl sites for hydroxylation is 2. The molecular weight excluding hydrogens is 304 g/mol. The highest BCUT2D eigenvalue weighted by Gasteiger charge is 2.25. The zero-order valence-electron chi connectivity index (χ0n) is 13.9. The van der Waals surface area contributed by atoms with E-state index in [1.807, 2.05) is 17.0 Å². The molecule has 1 atom stereocenters. The molecule has 1 amide bonds. The van der Waals surface area contributed by atoms with Crippen LogP contribution in [0, 0.1) is 6.92 Å². The van der Waals surface area contributed by atoms with E-state index in [2.05, 4.69) is 15.0 Å². The molecule has 1 N–H and O–H groups in total. The molecule has 1 aliphatic rings. The Morgan fingerprint density at radius 1 is 1.46 bits per heavy atom. The number of rotatable bonds is 4. The number of hydrogen-bond donors (Lipinski definition) is 1. The summed E-state index contributed by atoms with van der Waals surface area (Å²) in [5.41, 5.74) is 1.74. The van der Waals surface area contributed by atoms with Gasteiger partial charge in [0.15, 0.2) is 0 Å². The van der Waals surface area contributed by atoms with Crippen LogP contribution in [0.15, 0.2) is 35.4 Å². The largest absolute Gasteiger partial charge is 0.342 e. The Kier molecular flexibility index (Phi) is 5.03. The Bertz CT molecular complexity index is 757. The lowest BCUT2D eigenvalue weighted by molar-refractivity contribution is -0.132. The van der Waals surface area contributed by atoms with Crippen LogP contribution in [-0.4, -0.2) is 38.8 Å². The number of nitrogens with one attached hydrogen (secondary N) is 1. The van der Waals surface area contributed by atoms with Gasteiger partial charge in [0.1, 0.15) is 5.82 Å². The average molecular weight is 326 g/mol. The third kappa shape index (κ3) is 4.07. The zero-order chi connectivity index (χ0) is 16.9. The van der Waals surface area contributed by atoms with E-state index in [9.17, 15) is 9.59 Å². The summed E-state index contributed by atoms with van der Waals surface area (Å²) in [5, 5.41) is 0. The number of likely N-dealkylation sites (tertiary alicyclic amines) is 1. The molecule has 0 aromatic carbocycles. The van der Waals surface area contributed by atoms with Crippen molar-refractivity contribution in [2.75, 3.05) is 13.1 Å². The third-order valence-electron chi connectivity index (χ3n) is 4.42. The molecular formula is C18H22N4O2. The first-order chi connectivity index (χ1) is 11.6. The summed E-state index contributed by atoms with van der Waals surface area (Å²) in [4.78, 5) is 37.2. The molecule has 0 radical (unpaired) electrons. The molecule has 1 fully saturated rings. The van der Waals surface area contributed by atoms with Crippen LogP contribution in [0.25, 0.3) is 0 Å². The SMILES string of the molecule is Cc1nc(C2CCCN(C(=O)CCc3cccnc3)C2)cc(=O)[nH]1. The fourth-order valence-electron chi connectivity index (χ4n) is 3.21. The summed E-state index contributed by atoms with van der Waals surface area (Å²) < 4.78 is 0. The van der Waals surface area contributed by atoms with Gasteiger partial charge in [-0.05, 0) is 37.8 Å². The summed E-state index contributed by atoms with van der Waals surface area (Å²) in [7, 11) is 0. The molecule has 0 bridgehead atoms. The Morgan fingerprint density at radius 3 is 3.08 bits per heavy atom. The van der Waals surface area contributed by atoms with Crippen LogP contribution in [0.2, 0.25) is 0 Å². The van der Waals surface area contributed by atoms with E-state index < -0.39 is 0 Å². The molecule has 126 valence electrons. The van der Waals surface area contributed by atoms with Crippen molar-refractivity contribution in [3.05, 3.63) is 58.0 Å². The second-order valence-electron chi connectivity index (χ2n) is 6.30. The molecule has 3 heterocycles.